The molecule has 2 rings (SSSR count). The number of nitrogens with zero attached hydrogens (tertiary/aromatic N) is 4. The lowest BCUT2D eigenvalue weighted by Crippen LogP contribution is -2.22. The van der Waals surface area contributed by atoms with Gasteiger partial charge in [-0.2, -0.15) is 0 Å². The zero-order valence-corrected chi connectivity index (χ0v) is 11.0. The van der Waals surface area contributed by atoms with E-state index in [9.17, 15) is 4.79 Å². The maximum atomic E-state index is 11.8. The first-order valence-electron chi connectivity index (χ1n) is 4.88. The number of anilines is 1. The van der Waals surface area contributed by atoms with Crippen molar-refractivity contribution >= 4 is 34.1 Å². The largest absolute Gasteiger partial charge is 0.312 e. The molecule has 1 N–H and O–H groups in total. The number of rotatable bonds is 4. The number of aromatic nitrogens is 4. The number of nitrogens with one attached hydrogen (secondary N) is 1. The van der Waals surface area contributed by atoms with Crippen LogP contribution in [0, 0.1) is 0 Å². The number of carbonyl (C=O) groups excluding carboxylic acids is 1. The van der Waals surface area contributed by atoms with Crippen LogP contribution in [0.4, 0.5) is 5.13 Å². The molecule has 0 aliphatic heterocycles. The molecule has 0 aromatic carbocycles. The predicted octanol–water partition coefficient (Wildman–Crippen LogP) is 1.39. The third-order valence-corrected chi connectivity index (χ3v) is 3.82. The van der Waals surface area contributed by atoms with Crippen molar-refractivity contribution in [1.29, 1.82) is 0 Å². The minimum atomic E-state index is -0.248. The smallest absolute Gasteiger partial charge is 0.239 e. The molecule has 0 spiro atoms. The van der Waals surface area contributed by atoms with Crippen molar-refractivity contribution < 1.29 is 4.79 Å². The highest BCUT2D eigenvalue weighted by Crippen LogP contribution is 2.21. The van der Waals surface area contributed by atoms with E-state index in [0.29, 0.717) is 10.3 Å². The van der Waals surface area contributed by atoms with Crippen LogP contribution in [0.5, 0.6) is 0 Å². The molecule has 0 bridgehead atoms. The van der Waals surface area contributed by atoms with E-state index in [1.165, 1.54) is 23.1 Å². The quantitative estimate of drug-likeness (QED) is 0.849. The van der Waals surface area contributed by atoms with Gasteiger partial charge in [0, 0.05) is 18.6 Å². The summed E-state index contributed by atoms with van der Waals surface area (Å²) in [6.45, 7) is 1.82. The van der Waals surface area contributed by atoms with Crippen LogP contribution < -0.4 is 5.32 Å². The summed E-state index contributed by atoms with van der Waals surface area (Å²) in [4.78, 5) is 15.8. The highest BCUT2D eigenvalue weighted by molar-refractivity contribution is 8.00. The van der Waals surface area contributed by atoms with Gasteiger partial charge in [0.2, 0.25) is 5.91 Å². The number of hydrogen-bond acceptors (Lipinski definition) is 6. The molecule has 2 aromatic heterocycles. The Morgan fingerprint density at radius 1 is 1.65 bits per heavy atom. The van der Waals surface area contributed by atoms with Crippen LogP contribution >= 0.6 is 23.1 Å². The molecule has 2 aromatic rings. The second-order valence-corrected chi connectivity index (χ2v) is 5.51. The van der Waals surface area contributed by atoms with Gasteiger partial charge >= 0.3 is 0 Å². The number of thiazole rings is 1. The zero-order chi connectivity index (χ0) is 12.3. The van der Waals surface area contributed by atoms with Crippen molar-refractivity contribution in [1.82, 2.24) is 19.7 Å². The van der Waals surface area contributed by atoms with Crippen LogP contribution in [0.15, 0.2) is 23.1 Å². The number of thioether (sulfide) groups is 1. The average Bonchev–Trinajstić information content (AvgIpc) is 2.91. The molecule has 8 heteroatoms. The maximum Gasteiger partial charge on any atom is 0.239 e. The summed E-state index contributed by atoms with van der Waals surface area (Å²) in [5.74, 6) is -0.0899. The first-order chi connectivity index (χ1) is 8.16. The van der Waals surface area contributed by atoms with E-state index in [4.69, 9.17) is 0 Å². The number of carbonyl (C=O) groups is 1. The van der Waals surface area contributed by atoms with Crippen LogP contribution in [0.25, 0.3) is 0 Å². The fraction of sp³-hybridized carbons (Fsp3) is 0.333. The molecule has 2 heterocycles. The van der Waals surface area contributed by atoms with Crippen LogP contribution in [0.2, 0.25) is 0 Å². The van der Waals surface area contributed by atoms with Crippen molar-refractivity contribution in [2.24, 2.45) is 7.05 Å². The van der Waals surface area contributed by atoms with Gasteiger partial charge in [0.25, 0.3) is 0 Å². The van der Waals surface area contributed by atoms with Crippen molar-refractivity contribution in [3.8, 4) is 0 Å². The summed E-state index contributed by atoms with van der Waals surface area (Å²) in [6, 6.07) is 0. The molecule has 1 amide bonds. The zero-order valence-electron chi connectivity index (χ0n) is 9.32. The van der Waals surface area contributed by atoms with Crippen molar-refractivity contribution in [3.63, 3.8) is 0 Å². The van der Waals surface area contributed by atoms with E-state index < -0.39 is 0 Å². The lowest BCUT2D eigenvalue weighted by molar-refractivity contribution is -0.115. The summed E-state index contributed by atoms with van der Waals surface area (Å²) in [5.41, 5.74) is 0. The van der Waals surface area contributed by atoms with Gasteiger partial charge in [-0.1, -0.05) is 11.8 Å². The molecule has 0 fully saturated rings. The van der Waals surface area contributed by atoms with E-state index in [1.54, 1.807) is 17.1 Å². The van der Waals surface area contributed by atoms with Gasteiger partial charge in [-0.15, -0.1) is 21.5 Å². The monoisotopic (exact) mass is 269 g/mol. The van der Waals surface area contributed by atoms with E-state index >= 15 is 0 Å². The highest BCUT2D eigenvalue weighted by atomic mass is 32.2. The van der Waals surface area contributed by atoms with Crippen molar-refractivity contribution in [2.75, 3.05) is 5.32 Å². The van der Waals surface area contributed by atoms with Crippen LogP contribution in [-0.4, -0.2) is 30.9 Å². The first kappa shape index (κ1) is 12.1. The lowest BCUT2D eigenvalue weighted by Gasteiger charge is -2.09. The van der Waals surface area contributed by atoms with Gasteiger partial charge in [0.1, 0.15) is 6.33 Å². The highest BCUT2D eigenvalue weighted by Gasteiger charge is 2.17. The first-order valence-corrected chi connectivity index (χ1v) is 6.64. The average molecular weight is 269 g/mol. The Hall–Kier alpha value is -1.41. The minimum Gasteiger partial charge on any atom is -0.312 e. The second kappa shape index (κ2) is 5.28. The Labute approximate surface area is 106 Å². The van der Waals surface area contributed by atoms with E-state index in [-0.39, 0.29) is 11.2 Å². The fourth-order valence-electron chi connectivity index (χ4n) is 1.08. The van der Waals surface area contributed by atoms with Crippen LogP contribution in [0.3, 0.4) is 0 Å². The van der Waals surface area contributed by atoms with Gasteiger partial charge < -0.3 is 9.88 Å². The standard InChI is InChI=1S/C9H11N5OS2/c1-6(17-9-13-11-5-14(9)2)7(15)12-8-10-3-4-16-8/h3-6H,1-2H3,(H,10,12,15)/t6-/m0/s1. The Kier molecular flexibility index (Phi) is 3.75. The van der Waals surface area contributed by atoms with Gasteiger partial charge in [-0.05, 0) is 6.92 Å². The summed E-state index contributed by atoms with van der Waals surface area (Å²) < 4.78 is 1.78. The van der Waals surface area contributed by atoms with Crippen LogP contribution in [-0.2, 0) is 11.8 Å². The molecular formula is C9H11N5OS2. The molecule has 0 saturated carbocycles. The summed E-state index contributed by atoms with van der Waals surface area (Å²) in [7, 11) is 1.84. The molecule has 0 aliphatic carbocycles. The number of hydrogen-bond donors (Lipinski definition) is 1. The van der Waals surface area contributed by atoms with Crippen molar-refractivity contribution in [3.05, 3.63) is 17.9 Å². The molecular weight excluding hydrogens is 258 g/mol. The van der Waals surface area contributed by atoms with E-state index in [2.05, 4.69) is 20.5 Å². The molecule has 0 unspecified atom stereocenters. The third kappa shape index (κ3) is 3.04. The predicted molar refractivity (Wildman–Crippen MR) is 67.1 cm³/mol. The topological polar surface area (TPSA) is 72.7 Å². The second-order valence-electron chi connectivity index (χ2n) is 3.31. The van der Waals surface area contributed by atoms with Gasteiger partial charge in [0.15, 0.2) is 10.3 Å². The lowest BCUT2D eigenvalue weighted by atomic mass is 10.4. The molecule has 1 atom stereocenters. The molecule has 0 aliphatic rings. The number of aryl methyl sites for hydroxylation is 1. The molecule has 17 heavy (non-hydrogen) atoms. The number of amides is 1. The summed E-state index contributed by atoms with van der Waals surface area (Å²) in [5, 5.41) is 13.3. The Balaban J connectivity index is 1.94. The molecule has 0 radical (unpaired) electrons. The Bertz CT molecular complexity index is 495. The van der Waals surface area contributed by atoms with Crippen molar-refractivity contribution in [2.45, 2.75) is 17.3 Å². The summed E-state index contributed by atoms with van der Waals surface area (Å²) >= 11 is 2.76. The Morgan fingerprint density at radius 2 is 2.47 bits per heavy atom. The SMILES string of the molecule is C[C@H](Sc1nncn1C)C(=O)Nc1nccs1. The van der Waals surface area contributed by atoms with E-state index in [0.717, 1.165) is 0 Å². The maximum absolute atomic E-state index is 11.8. The normalized spacial score (nSPS) is 12.4. The third-order valence-electron chi connectivity index (χ3n) is 1.98. The van der Waals surface area contributed by atoms with Gasteiger partial charge in [-0.25, -0.2) is 4.98 Å². The fourth-order valence-corrected chi connectivity index (χ4v) is 2.40. The molecule has 0 saturated heterocycles. The Morgan fingerprint density at radius 3 is 3.06 bits per heavy atom. The molecule has 90 valence electrons. The van der Waals surface area contributed by atoms with Crippen LogP contribution in [0.1, 0.15) is 6.92 Å². The van der Waals surface area contributed by atoms with Gasteiger partial charge in [-0.3, -0.25) is 4.79 Å². The van der Waals surface area contributed by atoms with E-state index in [1.807, 2.05) is 19.4 Å². The summed E-state index contributed by atoms with van der Waals surface area (Å²) in [6.07, 6.45) is 3.26. The minimum absolute atomic E-state index is 0.0899. The molecule has 6 nitrogen and oxygen atoms in total. The van der Waals surface area contributed by atoms with Gasteiger partial charge in [0.05, 0.1) is 5.25 Å².